The second-order valence-corrected chi connectivity index (χ2v) is 7.57. The molecule has 2 heterocycles. The molecule has 1 aliphatic rings. The van der Waals surface area contributed by atoms with Crippen LogP contribution in [0.1, 0.15) is 56.2 Å². The van der Waals surface area contributed by atoms with Crippen molar-refractivity contribution >= 4 is 11.8 Å². The fourth-order valence-electron chi connectivity index (χ4n) is 3.61. The molecule has 0 spiro atoms. The third-order valence-corrected chi connectivity index (χ3v) is 5.16. The van der Waals surface area contributed by atoms with E-state index >= 15 is 0 Å². The topological polar surface area (TPSA) is 79.3 Å². The number of carbonyl (C=O) groups excluding carboxylic acids is 2. The Morgan fingerprint density at radius 1 is 1.31 bits per heavy atom. The van der Waals surface area contributed by atoms with Gasteiger partial charge in [-0.25, -0.2) is 0 Å². The van der Waals surface area contributed by atoms with E-state index < -0.39 is 0 Å². The van der Waals surface area contributed by atoms with Crippen LogP contribution in [-0.4, -0.2) is 59.2 Å². The van der Waals surface area contributed by atoms with E-state index in [-0.39, 0.29) is 23.9 Å². The van der Waals surface area contributed by atoms with Crippen molar-refractivity contribution in [1.82, 2.24) is 25.3 Å². The summed E-state index contributed by atoms with van der Waals surface area (Å²) in [6.07, 6.45) is 3.36. The first kappa shape index (κ1) is 20.4. The molecular formula is C19H33N5O2. The smallest absolute Gasteiger partial charge is 0.269 e. The van der Waals surface area contributed by atoms with Crippen molar-refractivity contribution < 1.29 is 9.59 Å². The fourth-order valence-corrected chi connectivity index (χ4v) is 3.61. The zero-order valence-corrected chi connectivity index (χ0v) is 16.7. The van der Waals surface area contributed by atoms with Crippen LogP contribution in [0.4, 0.5) is 0 Å². The number of carbonyl (C=O) groups is 2. The van der Waals surface area contributed by atoms with Crippen LogP contribution in [-0.2, 0) is 17.8 Å². The van der Waals surface area contributed by atoms with Crippen LogP contribution in [0.5, 0.6) is 0 Å². The van der Waals surface area contributed by atoms with E-state index in [0.29, 0.717) is 31.1 Å². The third kappa shape index (κ3) is 5.06. The second kappa shape index (κ2) is 9.16. The van der Waals surface area contributed by atoms with Crippen LogP contribution in [0.15, 0.2) is 6.07 Å². The summed E-state index contributed by atoms with van der Waals surface area (Å²) in [6.45, 7) is 7.56. The molecule has 1 saturated heterocycles. The van der Waals surface area contributed by atoms with Crippen molar-refractivity contribution in [2.75, 3.05) is 20.6 Å². The molecule has 26 heavy (non-hydrogen) atoms. The van der Waals surface area contributed by atoms with E-state index in [1.54, 1.807) is 11.7 Å². The molecule has 0 bridgehead atoms. The van der Waals surface area contributed by atoms with Crippen LogP contribution in [0.25, 0.3) is 0 Å². The van der Waals surface area contributed by atoms with Crippen LogP contribution in [0, 0.1) is 5.92 Å². The molecule has 0 unspecified atom stereocenters. The number of amides is 2. The number of aryl methyl sites for hydroxylation is 1. The maximum atomic E-state index is 12.6. The van der Waals surface area contributed by atoms with Gasteiger partial charge in [-0.05, 0) is 45.2 Å². The Morgan fingerprint density at radius 3 is 2.62 bits per heavy atom. The molecule has 2 atom stereocenters. The molecule has 7 nitrogen and oxygen atoms in total. The van der Waals surface area contributed by atoms with Crippen molar-refractivity contribution in [2.45, 2.75) is 65.1 Å². The van der Waals surface area contributed by atoms with E-state index in [1.807, 2.05) is 20.0 Å². The Hall–Kier alpha value is -1.89. The molecule has 2 amide bonds. The predicted molar refractivity (Wildman–Crippen MR) is 102 cm³/mol. The fraction of sp³-hybridized carbons (Fsp3) is 0.737. The Morgan fingerprint density at radius 2 is 2.00 bits per heavy atom. The average molecular weight is 364 g/mol. The van der Waals surface area contributed by atoms with Gasteiger partial charge in [-0.2, -0.15) is 5.10 Å². The van der Waals surface area contributed by atoms with Gasteiger partial charge in [-0.1, -0.05) is 13.8 Å². The van der Waals surface area contributed by atoms with Crippen LogP contribution in [0.3, 0.4) is 0 Å². The lowest BCUT2D eigenvalue weighted by Gasteiger charge is -2.25. The van der Waals surface area contributed by atoms with Crippen LogP contribution in [0.2, 0.25) is 0 Å². The van der Waals surface area contributed by atoms with Gasteiger partial charge < -0.3 is 10.6 Å². The van der Waals surface area contributed by atoms with E-state index in [4.69, 9.17) is 0 Å². The van der Waals surface area contributed by atoms with Gasteiger partial charge in [-0.15, -0.1) is 0 Å². The number of rotatable bonds is 8. The lowest BCUT2D eigenvalue weighted by molar-refractivity contribution is -0.121. The summed E-state index contributed by atoms with van der Waals surface area (Å²) in [4.78, 5) is 26.5. The van der Waals surface area contributed by atoms with Crippen molar-refractivity contribution in [2.24, 2.45) is 5.92 Å². The van der Waals surface area contributed by atoms with Gasteiger partial charge in [0.05, 0.1) is 5.69 Å². The summed E-state index contributed by atoms with van der Waals surface area (Å²) in [5.41, 5.74) is 1.60. The van der Waals surface area contributed by atoms with Gasteiger partial charge in [0, 0.05) is 38.6 Å². The maximum Gasteiger partial charge on any atom is 0.269 e. The van der Waals surface area contributed by atoms with Gasteiger partial charge in [0.15, 0.2) is 0 Å². The summed E-state index contributed by atoms with van der Waals surface area (Å²) in [7, 11) is 3.70. The van der Waals surface area contributed by atoms with Gasteiger partial charge in [0.1, 0.15) is 5.69 Å². The number of nitrogens with zero attached hydrogens (tertiary/aromatic N) is 3. The molecule has 0 saturated carbocycles. The number of aromatic nitrogens is 2. The molecule has 2 N–H and O–H groups in total. The van der Waals surface area contributed by atoms with Crippen molar-refractivity contribution in [3.05, 3.63) is 17.5 Å². The predicted octanol–water partition coefficient (Wildman–Crippen LogP) is 1.43. The molecule has 0 aliphatic carbocycles. The Balaban J connectivity index is 1.92. The number of likely N-dealkylation sites (N-methyl/N-ethyl adjacent to an activating group) is 1. The SMILES string of the molecule is CCn1nc(CC(C)C)cc1C(=O)NC[C@@H]1CC[C@H](CC(=O)NC)N1C. The zero-order chi connectivity index (χ0) is 19.3. The van der Waals surface area contributed by atoms with Crippen LogP contribution >= 0.6 is 0 Å². The van der Waals surface area contributed by atoms with Gasteiger partial charge in [0.25, 0.3) is 5.91 Å². The summed E-state index contributed by atoms with van der Waals surface area (Å²) < 4.78 is 1.78. The van der Waals surface area contributed by atoms with E-state index in [1.165, 1.54) is 0 Å². The normalized spacial score (nSPS) is 20.5. The first-order chi connectivity index (χ1) is 12.3. The molecule has 146 valence electrons. The summed E-state index contributed by atoms with van der Waals surface area (Å²) in [6, 6.07) is 2.42. The van der Waals surface area contributed by atoms with Crippen molar-refractivity contribution in [3.63, 3.8) is 0 Å². The first-order valence-corrected chi connectivity index (χ1v) is 9.63. The Labute approximate surface area is 156 Å². The summed E-state index contributed by atoms with van der Waals surface area (Å²) in [5, 5.41) is 10.3. The molecular weight excluding hydrogens is 330 g/mol. The standard InChI is InChI=1S/C19H33N5O2/c1-6-24-17(10-14(22-24)9-13(2)3)19(26)21-12-16-8-7-15(23(16)5)11-18(25)20-4/h10,13,15-16H,6-9,11-12H2,1-5H3,(H,20,25)(H,21,26)/t15-,16+/m1/s1. The van der Waals surface area contributed by atoms with Crippen molar-refractivity contribution in [3.8, 4) is 0 Å². The Kier molecular flexibility index (Phi) is 7.20. The zero-order valence-electron chi connectivity index (χ0n) is 16.7. The van der Waals surface area contributed by atoms with E-state index in [2.05, 4.69) is 34.5 Å². The van der Waals surface area contributed by atoms with Gasteiger partial charge >= 0.3 is 0 Å². The highest BCUT2D eigenvalue weighted by Gasteiger charge is 2.31. The largest absolute Gasteiger partial charge is 0.359 e. The minimum Gasteiger partial charge on any atom is -0.359 e. The monoisotopic (exact) mass is 363 g/mol. The highest BCUT2D eigenvalue weighted by atomic mass is 16.2. The lowest BCUT2D eigenvalue weighted by Crippen LogP contribution is -2.42. The summed E-state index contributed by atoms with van der Waals surface area (Å²) in [5.74, 6) is 0.504. The maximum absolute atomic E-state index is 12.6. The third-order valence-electron chi connectivity index (χ3n) is 5.16. The van der Waals surface area contributed by atoms with Crippen LogP contribution < -0.4 is 10.6 Å². The van der Waals surface area contributed by atoms with Crippen molar-refractivity contribution in [1.29, 1.82) is 0 Å². The molecule has 2 rings (SSSR count). The quantitative estimate of drug-likeness (QED) is 0.732. The summed E-state index contributed by atoms with van der Waals surface area (Å²) >= 11 is 0. The number of hydrogen-bond donors (Lipinski definition) is 2. The minimum absolute atomic E-state index is 0.0658. The van der Waals surface area contributed by atoms with E-state index in [0.717, 1.165) is 25.0 Å². The molecule has 1 aromatic rings. The molecule has 0 radical (unpaired) electrons. The minimum atomic E-state index is -0.0718. The first-order valence-electron chi connectivity index (χ1n) is 9.63. The van der Waals surface area contributed by atoms with Gasteiger partial charge in [0.2, 0.25) is 5.91 Å². The number of likely N-dealkylation sites (tertiary alicyclic amines) is 1. The number of nitrogens with one attached hydrogen (secondary N) is 2. The molecule has 1 aromatic heterocycles. The highest BCUT2D eigenvalue weighted by Crippen LogP contribution is 2.24. The molecule has 0 aromatic carbocycles. The molecule has 1 fully saturated rings. The molecule has 1 aliphatic heterocycles. The van der Waals surface area contributed by atoms with Gasteiger partial charge in [-0.3, -0.25) is 19.2 Å². The second-order valence-electron chi connectivity index (χ2n) is 7.57. The molecule has 7 heteroatoms. The highest BCUT2D eigenvalue weighted by molar-refractivity contribution is 5.92. The number of hydrogen-bond acceptors (Lipinski definition) is 4. The van der Waals surface area contributed by atoms with E-state index in [9.17, 15) is 9.59 Å². The average Bonchev–Trinajstić information content (AvgIpc) is 3.16. The lowest BCUT2D eigenvalue weighted by atomic mass is 10.1. The Bertz CT molecular complexity index is 625.